The zero-order valence-electron chi connectivity index (χ0n) is 31.5. The molecule has 4 aromatic heterocycles. The standard InChI is InChI=1S/C52H31N5OS/c1-3-13-33(14-4-1)49-54-50(39-19-12-23-44-47(39)38-17-7-9-22-43(38)57(44)36-15-5-2-6-16-36)56-51(55-49)40-20-11-18-37-41-31-35(29-30-46(41)59-48(37)40)32-25-27-34(28-26-32)52-53-42-21-8-10-24-45(42)58-52/h1-31H. The first-order valence-electron chi connectivity index (χ1n) is 19.5. The SMILES string of the molecule is c1ccc(-c2nc(-c3cccc4c3sc3ccc(-c5ccc(-c6nc7ccccc7o6)cc5)cc34)nc(-c3cccc4c3c3ccccc3n4-c3ccccc3)n2)cc1. The quantitative estimate of drug-likeness (QED) is 0.168. The Balaban J connectivity index is 1.00. The van der Waals surface area contributed by atoms with E-state index in [1.807, 2.05) is 42.5 Å². The molecule has 0 spiro atoms. The van der Waals surface area contributed by atoms with Crippen LogP contribution in [0.1, 0.15) is 0 Å². The van der Waals surface area contributed by atoms with E-state index < -0.39 is 0 Å². The van der Waals surface area contributed by atoms with E-state index in [1.165, 1.54) is 15.5 Å². The summed E-state index contributed by atoms with van der Waals surface area (Å²) in [5, 5.41) is 4.62. The fraction of sp³-hybridized carbons (Fsp3) is 0. The Kier molecular flexibility index (Phi) is 7.61. The first kappa shape index (κ1) is 33.4. The Morgan fingerprint density at radius 3 is 1.92 bits per heavy atom. The minimum absolute atomic E-state index is 0.622. The molecular formula is C52H31N5OS. The van der Waals surface area contributed by atoms with Gasteiger partial charge in [-0.25, -0.2) is 19.9 Å². The number of aromatic nitrogens is 5. The highest BCUT2D eigenvalue weighted by molar-refractivity contribution is 7.26. The van der Waals surface area contributed by atoms with Gasteiger partial charge in [0.15, 0.2) is 23.1 Å². The number of thiophene rings is 1. The van der Waals surface area contributed by atoms with Crippen LogP contribution >= 0.6 is 11.3 Å². The van der Waals surface area contributed by atoms with Crippen molar-refractivity contribution in [1.29, 1.82) is 0 Å². The van der Waals surface area contributed by atoms with Gasteiger partial charge in [-0.15, -0.1) is 11.3 Å². The van der Waals surface area contributed by atoms with Gasteiger partial charge in [0.05, 0.1) is 11.0 Å². The average molecular weight is 774 g/mol. The molecular weight excluding hydrogens is 743 g/mol. The number of hydrogen-bond acceptors (Lipinski definition) is 6. The number of hydrogen-bond donors (Lipinski definition) is 0. The molecule has 0 saturated heterocycles. The van der Waals surface area contributed by atoms with Gasteiger partial charge in [-0.2, -0.15) is 0 Å². The van der Waals surface area contributed by atoms with Crippen LogP contribution in [0, 0.1) is 0 Å². The van der Waals surface area contributed by atoms with Crippen LogP contribution in [-0.2, 0) is 0 Å². The van der Waals surface area contributed by atoms with E-state index in [0.717, 1.165) is 76.7 Å². The molecule has 0 atom stereocenters. The molecule has 8 aromatic carbocycles. The van der Waals surface area contributed by atoms with Gasteiger partial charge < -0.3 is 8.98 Å². The molecule has 0 unspecified atom stereocenters. The van der Waals surface area contributed by atoms with Crippen molar-refractivity contribution in [1.82, 2.24) is 24.5 Å². The maximum atomic E-state index is 6.04. The summed E-state index contributed by atoms with van der Waals surface area (Å²) in [6.07, 6.45) is 0. The monoisotopic (exact) mass is 773 g/mol. The minimum Gasteiger partial charge on any atom is -0.436 e. The molecule has 7 heteroatoms. The van der Waals surface area contributed by atoms with Crippen LogP contribution in [0.3, 0.4) is 0 Å². The fourth-order valence-corrected chi connectivity index (χ4v) is 9.54. The molecule has 4 heterocycles. The number of benzene rings is 8. The lowest BCUT2D eigenvalue weighted by Crippen LogP contribution is -2.00. The normalized spacial score (nSPS) is 11.7. The summed E-state index contributed by atoms with van der Waals surface area (Å²) in [6, 6.07) is 65.2. The predicted molar refractivity (Wildman–Crippen MR) is 242 cm³/mol. The van der Waals surface area contributed by atoms with Gasteiger partial charge >= 0.3 is 0 Å². The number of fused-ring (bicyclic) bond motifs is 7. The van der Waals surface area contributed by atoms with Gasteiger partial charge in [-0.3, -0.25) is 0 Å². The molecule has 0 N–H and O–H groups in total. The molecule has 12 rings (SSSR count). The highest BCUT2D eigenvalue weighted by Crippen LogP contribution is 2.43. The van der Waals surface area contributed by atoms with Crippen LogP contribution in [-0.4, -0.2) is 24.5 Å². The second-order valence-corrected chi connectivity index (χ2v) is 15.7. The van der Waals surface area contributed by atoms with Crippen LogP contribution in [0.5, 0.6) is 0 Å². The molecule has 276 valence electrons. The lowest BCUT2D eigenvalue weighted by atomic mass is 10.0. The van der Waals surface area contributed by atoms with Crippen molar-refractivity contribution in [3.8, 4) is 62.4 Å². The van der Waals surface area contributed by atoms with E-state index in [2.05, 4.69) is 155 Å². The second-order valence-electron chi connectivity index (χ2n) is 14.6. The predicted octanol–water partition coefficient (Wildman–Crippen LogP) is 13.8. The summed E-state index contributed by atoms with van der Waals surface area (Å²) in [6.45, 7) is 0. The topological polar surface area (TPSA) is 69.6 Å². The third kappa shape index (κ3) is 5.55. The maximum absolute atomic E-state index is 6.04. The Morgan fingerprint density at radius 2 is 1.07 bits per heavy atom. The van der Waals surface area contributed by atoms with Gasteiger partial charge in [0.1, 0.15) is 5.52 Å². The van der Waals surface area contributed by atoms with E-state index >= 15 is 0 Å². The zero-order valence-corrected chi connectivity index (χ0v) is 32.3. The minimum atomic E-state index is 0.622. The molecule has 12 aromatic rings. The number of rotatable bonds is 6. The maximum Gasteiger partial charge on any atom is 0.227 e. The van der Waals surface area contributed by atoms with Crippen molar-refractivity contribution >= 4 is 64.4 Å². The van der Waals surface area contributed by atoms with Crippen LogP contribution in [0.4, 0.5) is 0 Å². The summed E-state index contributed by atoms with van der Waals surface area (Å²) in [5.74, 6) is 2.54. The van der Waals surface area contributed by atoms with E-state index in [-0.39, 0.29) is 0 Å². The zero-order chi connectivity index (χ0) is 38.9. The average Bonchev–Trinajstić information content (AvgIpc) is 4.01. The molecule has 0 aliphatic carbocycles. The summed E-state index contributed by atoms with van der Waals surface area (Å²) in [4.78, 5) is 20.4. The third-order valence-electron chi connectivity index (χ3n) is 11.1. The third-order valence-corrected chi connectivity index (χ3v) is 12.3. The summed E-state index contributed by atoms with van der Waals surface area (Å²) < 4.78 is 10.7. The van der Waals surface area contributed by atoms with E-state index in [9.17, 15) is 0 Å². The van der Waals surface area contributed by atoms with Crippen molar-refractivity contribution in [2.24, 2.45) is 0 Å². The van der Waals surface area contributed by atoms with Crippen molar-refractivity contribution < 1.29 is 4.42 Å². The van der Waals surface area contributed by atoms with Crippen molar-refractivity contribution in [3.05, 3.63) is 188 Å². The molecule has 0 saturated carbocycles. The fourth-order valence-electron chi connectivity index (χ4n) is 8.35. The summed E-state index contributed by atoms with van der Waals surface area (Å²) in [7, 11) is 0. The Bertz CT molecular complexity index is 3520. The van der Waals surface area contributed by atoms with E-state index in [4.69, 9.17) is 19.4 Å². The molecule has 0 aliphatic rings. The largest absolute Gasteiger partial charge is 0.436 e. The lowest BCUT2D eigenvalue weighted by Gasteiger charge is -2.11. The van der Waals surface area contributed by atoms with Crippen LogP contribution in [0.2, 0.25) is 0 Å². The summed E-state index contributed by atoms with van der Waals surface area (Å²) in [5.41, 5.74) is 11.1. The second kappa shape index (κ2) is 13.4. The van der Waals surface area contributed by atoms with Crippen LogP contribution in [0.25, 0.3) is 116 Å². The molecule has 6 nitrogen and oxygen atoms in total. The number of oxazole rings is 1. The van der Waals surface area contributed by atoms with Crippen LogP contribution < -0.4 is 0 Å². The van der Waals surface area contributed by atoms with Crippen molar-refractivity contribution in [2.45, 2.75) is 0 Å². The molecule has 59 heavy (non-hydrogen) atoms. The molecule has 0 amide bonds. The molecule has 0 aliphatic heterocycles. The Hall–Kier alpha value is -7.74. The van der Waals surface area contributed by atoms with E-state index in [1.54, 1.807) is 11.3 Å². The van der Waals surface area contributed by atoms with Crippen LogP contribution in [0.15, 0.2) is 192 Å². The highest BCUT2D eigenvalue weighted by atomic mass is 32.1. The van der Waals surface area contributed by atoms with Gasteiger partial charge in [-0.05, 0) is 77.9 Å². The van der Waals surface area contributed by atoms with Crippen molar-refractivity contribution in [2.75, 3.05) is 0 Å². The van der Waals surface area contributed by atoms with Crippen molar-refractivity contribution in [3.63, 3.8) is 0 Å². The molecule has 0 radical (unpaired) electrons. The smallest absolute Gasteiger partial charge is 0.227 e. The van der Waals surface area contributed by atoms with Gasteiger partial charge in [0.2, 0.25) is 5.89 Å². The molecule has 0 fully saturated rings. The highest BCUT2D eigenvalue weighted by Gasteiger charge is 2.21. The summed E-state index contributed by atoms with van der Waals surface area (Å²) >= 11 is 1.77. The number of nitrogens with zero attached hydrogens (tertiary/aromatic N) is 5. The number of para-hydroxylation sites is 4. The van der Waals surface area contributed by atoms with Gasteiger partial charge in [0, 0.05) is 58.9 Å². The lowest BCUT2D eigenvalue weighted by molar-refractivity contribution is 0.620. The van der Waals surface area contributed by atoms with Gasteiger partial charge in [0.25, 0.3) is 0 Å². The van der Waals surface area contributed by atoms with E-state index in [0.29, 0.717) is 23.4 Å². The molecule has 0 bridgehead atoms. The first-order chi connectivity index (χ1) is 29.2. The Labute approximate surface area is 342 Å². The first-order valence-corrected chi connectivity index (χ1v) is 20.4. The van der Waals surface area contributed by atoms with Gasteiger partial charge in [-0.1, -0.05) is 121 Å². The Morgan fingerprint density at radius 1 is 0.424 bits per heavy atom.